The van der Waals surface area contributed by atoms with Gasteiger partial charge in [0.1, 0.15) is 0 Å². The SMILES string of the molecule is C=C(C)C(=O)NCC[N+](C)(C)C.O=P(O)(O)O. The van der Waals surface area contributed by atoms with Crippen LogP contribution in [0.3, 0.4) is 0 Å². The van der Waals surface area contributed by atoms with Crippen molar-refractivity contribution in [2.45, 2.75) is 6.92 Å². The first kappa shape index (κ1) is 18.6. The van der Waals surface area contributed by atoms with E-state index in [9.17, 15) is 4.79 Å². The van der Waals surface area contributed by atoms with Crippen molar-refractivity contribution in [3.05, 3.63) is 12.2 Å². The Hall–Kier alpha value is -0.720. The van der Waals surface area contributed by atoms with Gasteiger partial charge < -0.3 is 24.5 Å². The molecule has 8 heteroatoms. The second-order valence-electron chi connectivity index (χ2n) is 4.56. The van der Waals surface area contributed by atoms with Gasteiger partial charge in [0.15, 0.2) is 0 Å². The fourth-order valence-corrected chi connectivity index (χ4v) is 0.656. The molecule has 0 aliphatic carbocycles. The van der Waals surface area contributed by atoms with Gasteiger partial charge in [-0.1, -0.05) is 6.58 Å². The number of quaternary nitrogens is 1. The summed E-state index contributed by atoms with van der Waals surface area (Å²) in [5, 5.41) is 2.78. The third-order valence-corrected chi connectivity index (χ3v) is 1.46. The van der Waals surface area contributed by atoms with E-state index in [-0.39, 0.29) is 5.91 Å². The predicted octanol–water partition coefficient (Wildman–Crippen LogP) is -0.544. The zero-order valence-electron chi connectivity index (χ0n) is 10.7. The van der Waals surface area contributed by atoms with E-state index in [1.54, 1.807) is 6.92 Å². The number of amides is 1. The molecule has 0 radical (unpaired) electrons. The van der Waals surface area contributed by atoms with E-state index in [2.05, 4.69) is 33.0 Å². The lowest BCUT2D eigenvalue weighted by atomic mass is 10.3. The molecule has 1 amide bonds. The van der Waals surface area contributed by atoms with Gasteiger partial charge >= 0.3 is 7.82 Å². The molecule has 0 saturated heterocycles. The number of likely N-dealkylation sites (N-methyl/N-ethyl adjacent to an activating group) is 1. The minimum absolute atomic E-state index is 0.0524. The molecule has 17 heavy (non-hydrogen) atoms. The molecule has 0 heterocycles. The van der Waals surface area contributed by atoms with E-state index < -0.39 is 7.82 Å². The number of hydrogen-bond acceptors (Lipinski definition) is 2. The number of nitrogens with one attached hydrogen (secondary N) is 1. The summed E-state index contributed by atoms with van der Waals surface area (Å²) >= 11 is 0. The first-order valence-electron chi connectivity index (χ1n) is 4.85. The van der Waals surface area contributed by atoms with E-state index in [1.807, 2.05) is 0 Å². The van der Waals surface area contributed by atoms with Crippen molar-refractivity contribution in [3.63, 3.8) is 0 Å². The molecular weight excluding hydrogens is 247 g/mol. The van der Waals surface area contributed by atoms with Gasteiger partial charge in [-0.15, -0.1) is 0 Å². The molecule has 0 aliphatic rings. The summed E-state index contributed by atoms with van der Waals surface area (Å²) in [6.07, 6.45) is 0. The van der Waals surface area contributed by atoms with Crippen LogP contribution in [-0.4, -0.2) is 59.3 Å². The Morgan fingerprint density at radius 2 is 1.65 bits per heavy atom. The van der Waals surface area contributed by atoms with Crippen molar-refractivity contribution < 1.29 is 28.5 Å². The van der Waals surface area contributed by atoms with Gasteiger partial charge in [-0.05, 0) is 6.92 Å². The highest BCUT2D eigenvalue weighted by molar-refractivity contribution is 7.45. The van der Waals surface area contributed by atoms with E-state index >= 15 is 0 Å². The Kier molecular flexibility index (Phi) is 8.31. The molecule has 0 aromatic heterocycles. The molecule has 0 spiro atoms. The van der Waals surface area contributed by atoms with Crippen LogP contribution in [-0.2, 0) is 9.36 Å². The summed E-state index contributed by atoms with van der Waals surface area (Å²) < 4.78 is 9.74. The van der Waals surface area contributed by atoms with Crippen molar-refractivity contribution in [1.82, 2.24) is 5.32 Å². The zero-order valence-corrected chi connectivity index (χ0v) is 11.6. The number of rotatable bonds is 4. The summed E-state index contributed by atoms with van der Waals surface area (Å²) in [6, 6.07) is 0. The summed E-state index contributed by atoms with van der Waals surface area (Å²) in [4.78, 5) is 32.6. The minimum Gasteiger partial charge on any atom is -0.347 e. The van der Waals surface area contributed by atoms with Crippen molar-refractivity contribution in [2.75, 3.05) is 34.2 Å². The summed E-state index contributed by atoms with van der Waals surface area (Å²) in [5.41, 5.74) is 0.566. The van der Waals surface area contributed by atoms with Crippen LogP contribution in [0.15, 0.2) is 12.2 Å². The highest BCUT2D eigenvalue weighted by atomic mass is 31.2. The van der Waals surface area contributed by atoms with Crippen LogP contribution in [0.1, 0.15) is 6.92 Å². The molecule has 102 valence electrons. The largest absolute Gasteiger partial charge is 0.466 e. The van der Waals surface area contributed by atoms with Crippen molar-refractivity contribution in [3.8, 4) is 0 Å². The number of nitrogens with zero attached hydrogens (tertiary/aromatic N) is 1. The maximum atomic E-state index is 11.0. The lowest BCUT2D eigenvalue weighted by Gasteiger charge is -2.23. The summed E-state index contributed by atoms with van der Waals surface area (Å²) in [7, 11) is 1.63. The van der Waals surface area contributed by atoms with E-state index in [0.717, 1.165) is 11.0 Å². The molecule has 0 saturated carbocycles. The van der Waals surface area contributed by atoms with Gasteiger partial charge in [-0.25, -0.2) is 4.57 Å². The van der Waals surface area contributed by atoms with Crippen molar-refractivity contribution in [1.29, 1.82) is 0 Å². The van der Waals surface area contributed by atoms with Gasteiger partial charge in [-0.2, -0.15) is 0 Å². The van der Waals surface area contributed by atoms with Crippen molar-refractivity contribution in [2.24, 2.45) is 0 Å². The van der Waals surface area contributed by atoms with Crippen molar-refractivity contribution >= 4 is 13.7 Å². The summed E-state index contributed by atoms with van der Waals surface area (Å²) in [5.74, 6) is -0.0524. The van der Waals surface area contributed by atoms with Gasteiger partial charge in [0.05, 0.1) is 34.2 Å². The molecule has 0 aromatic rings. The van der Waals surface area contributed by atoms with Crippen LogP contribution in [0.2, 0.25) is 0 Å². The molecule has 0 aliphatic heterocycles. The maximum absolute atomic E-state index is 11.0. The van der Waals surface area contributed by atoms with Crippen LogP contribution >= 0.6 is 7.82 Å². The van der Waals surface area contributed by atoms with Crippen LogP contribution in [0.25, 0.3) is 0 Å². The molecule has 0 rings (SSSR count). The number of hydrogen-bond donors (Lipinski definition) is 4. The average molecular weight is 269 g/mol. The van der Waals surface area contributed by atoms with E-state index in [4.69, 9.17) is 19.2 Å². The molecule has 4 N–H and O–H groups in total. The standard InChI is InChI=1S/C9H18N2O.H3O4P/c1-8(2)9(12)10-6-7-11(3,4)5;1-5(2,3)4/h1,6-7H2,2-5H3;(H3,1,2,3,4)/p+1. The minimum atomic E-state index is -4.64. The van der Waals surface area contributed by atoms with Gasteiger partial charge in [0.25, 0.3) is 0 Å². The highest BCUT2D eigenvalue weighted by Gasteiger charge is 2.07. The van der Waals surface area contributed by atoms with E-state index in [0.29, 0.717) is 12.1 Å². The highest BCUT2D eigenvalue weighted by Crippen LogP contribution is 2.25. The Morgan fingerprint density at radius 3 is 1.88 bits per heavy atom. The zero-order chi connectivity index (χ0) is 14.3. The summed E-state index contributed by atoms with van der Waals surface area (Å²) in [6.45, 7) is 6.90. The Balaban J connectivity index is 0. The quantitative estimate of drug-likeness (QED) is 0.311. The number of carbonyl (C=O) groups excluding carboxylic acids is 1. The van der Waals surface area contributed by atoms with Gasteiger partial charge in [0.2, 0.25) is 5.91 Å². The second kappa shape index (κ2) is 7.58. The topological polar surface area (TPSA) is 107 Å². The van der Waals surface area contributed by atoms with Crippen LogP contribution < -0.4 is 5.32 Å². The molecule has 7 nitrogen and oxygen atoms in total. The predicted molar refractivity (Wildman–Crippen MR) is 65.0 cm³/mol. The van der Waals surface area contributed by atoms with Crippen LogP contribution in [0.5, 0.6) is 0 Å². The Labute approximate surface area is 102 Å². The molecule has 0 unspecified atom stereocenters. The van der Waals surface area contributed by atoms with E-state index in [1.165, 1.54) is 0 Å². The normalized spacial score (nSPS) is 11.2. The molecule has 0 atom stereocenters. The lowest BCUT2D eigenvalue weighted by molar-refractivity contribution is -0.869. The lowest BCUT2D eigenvalue weighted by Crippen LogP contribution is -2.41. The molecule has 0 aromatic carbocycles. The first-order valence-corrected chi connectivity index (χ1v) is 6.42. The van der Waals surface area contributed by atoms with Crippen LogP contribution in [0.4, 0.5) is 0 Å². The molecule has 0 bridgehead atoms. The van der Waals surface area contributed by atoms with Gasteiger partial charge in [-0.3, -0.25) is 4.79 Å². The first-order chi connectivity index (χ1) is 7.33. The second-order valence-corrected chi connectivity index (χ2v) is 5.59. The number of phosphoric acid groups is 1. The molecular formula is C9H22N2O5P+. The number of carbonyl (C=O) groups is 1. The monoisotopic (exact) mass is 269 g/mol. The fourth-order valence-electron chi connectivity index (χ4n) is 0.656. The Bertz CT molecular complexity index is 297. The maximum Gasteiger partial charge on any atom is 0.466 e. The van der Waals surface area contributed by atoms with Gasteiger partial charge in [0, 0.05) is 5.57 Å². The fraction of sp³-hybridized carbons (Fsp3) is 0.667. The van der Waals surface area contributed by atoms with Crippen LogP contribution in [0, 0.1) is 0 Å². The smallest absolute Gasteiger partial charge is 0.347 e. The average Bonchev–Trinajstić information content (AvgIpc) is 1.97. The molecule has 0 fully saturated rings. The Morgan fingerprint density at radius 1 is 1.29 bits per heavy atom. The third-order valence-electron chi connectivity index (χ3n) is 1.46. The third kappa shape index (κ3) is 25.5.